The second kappa shape index (κ2) is 6.52. The molecule has 0 spiro atoms. The van der Waals surface area contributed by atoms with Gasteiger partial charge in [-0.3, -0.25) is 4.57 Å². The van der Waals surface area contributed by atoms with Crippen molar-refractivity contribution in [2.24, 2.45) is 0 Å². The van der Waals surface area contributed by atoms with Crippen LogP contribution in [0.25, 0.3) is 16.7 Å². The van der Waals surface area contributed by atoms with Crippen molar-refractivity contribution in [3.8, 4) is 5.69 Å². The van der Waals surface area contributed by atoms with Gasteiger partial charge < -0.3 is 4.90 Å². The van der Waals surface area contributed by atoms with Crippen molar-refractivity contribution in [1.82, 2.24) is 9.55 Å². The largest absolute Gasteiger partial charge is 0.371 e. The maximum atomic E-state index is 4.76. The summed E-state index contributed by atoms with van der Waals surface area (Å²) >= 11 is 1.77. The van der Waals surface area contributed by atoms with Crippen LogP contribution in [-0.4, -0.2) is 28.9 Å². The Balaban J connectivity index is 1.79. The normalized spacial score (nSPS) is 15.2. The van der Waals surface area contributed by atoms with E-state index in [1.807, 2.05) is 0 Å². The molecule has 0 N–H and O–H groups in total. The number of rotatable bonds is 3. The Morgan fingerprint density at radius 3 is 2.33 bits per heavy atom. The number of fused-ring (bicyclic) bond motifs is 1. The smallest absolute Gasteiger partial charge is 0.111 e. The third-order valence-corrected chi connectivity index (χ3v) is 5.60. The van der Waals surface area contributed by atoms with Crippen LogP contribution in [0.1, 0.15) is 25.1 Å². The zero-order valence-corrected chi connectivity index (χ0v) is 15.1. The van der Waals surface area contributed by atoms with Crippen LogP contribution in [0.2, 0.25) is 0 Å². The number of hydrogen-bond acceptors (Lipinski definition) is 3. The molecule has 3 aromatic rings. The molecule has 0 unspecified atom stereocenters. The Morgan fingerprint density at radius 2 is 1.62 bits per heavy atom. The van der Waals surface area contributed by atoms with Crippen LogP contribution in [0, 0.1) is 6.92 Å². The highest BCUT2D eigenvalue weighted by Gasteiger charge is 2.14. The Morgan fingerprint density at radius 1 is 0.917 bits per heavy atom. The first-order valence-electron chi connectivity index (χ1n) is 8.65. The summed E-state index contributed by atoms with van der Waals surface area (Å²) in [6.45, 7) is 4.42. The first kappa shape index (κ1) is 15.6. The van der Waals surface area contributed by atoms with Crippen molar-refractivity contribution in [2.45, 2.75) is 31.1 Å². The van der Waals surface area contributed by atoms with Crippen LogP contribution >= 0.6 is 11.8 Å². The average molecular weight is 337 g/mol. The predicted octanol–water partition coefficient (Wildman–Crippen LogP) is 5.05. The lowest BCUT2D eigenvalue weighted by Gasteiger charge is -2.28. The summed E-state index contributed by atoms with van der Waals surface area (Å²) in [5.74, 6) is 1.04. The number of aryl methyl sites for hydroxylation is 1. The molecule has 4 rings (SSSR count). The van der Waals surface area contributed by atoms with Crippen molar-refractivity contribution < 1.29 is 0 Å². The van der Waals surface area contributed by atoms with E-state index in [2.05, 4.69) is 65.1 Å². The van der Waals surface area contributed by atoms with E-state index >= 15 is 0 Å². The minimum atomic E-state index is 1.04. The van der Waals surface area contributed by atoms with Gasteiger partial charge in [0.05, 0.1) is 11.0 Å². The molecule has 0 aliphatic carbocycles. The van der Waals surface area contributed by atoms with Crippen LogP contribution in [0.4, 0.5) is 5.69 Å². The topological polar surface area (TPSA) is 21.1 Å². The van der Waals surface area contributed by atoms with Gasteiger partial charge in [-0.05, 0) is 74.9 Å². The van der Waals surface area contributed by atoms with E-state index in [4.69, 9.17) is 4.98 Å². The van der Waals surface area contributed by atoms with Crippen molar-refractivity contribution >= 4 is 28.5 Å². The molecule has 1 aliphatic heterocycles. The van der Waals surface area contributed by atoms with E-state index in [1.165, 1.54) is 54.1 Å². The lowest BCUT2D eigenvalue weighted by atomic mass is 10.1. The summed E-state index contributed by atoms with van der Waals surface area (Å²) < 4.78 is 2.27. The van der Waals surface area contributed by atoms with Gasteiger partial charge in [0.1, 0.15) is 5.82 Å². The molecule has 124 valence electrons. The van der Waals surface area contributed by atoms with E-state index in [-0.39, 0.29) is 0 Å². The lowest BCUT2D eigenvalue weighted by Crippen LogP contribution is -2.29. The van der Waals surface area contributed by atoms with Crippen molar-refractivity contribution in [1.29, 1.82) is 0 Å². The second-order valence-corrected chi connectivity index (χ2v) is 7.29. The fourth-order valence-electron chi connectivity index (χ4n) is 3.59. The molecule has 1 fully saturated rings. The standard InChI is InChI=1S/C20H23N3S/c1-15-21-19-11-8-17(22-12-4-3-5-13-22)14-20(19)23(15)16-6-9-18(24-2)10-7-16/h6-11,14H,3-5,12-13H2,1-2H3. The third-order valence-electron chi connectivity index (χ3n) is 4.86. The van der Waals surface area contributed by atoms with Crippen LogP contribution in [0.15, 0.2) is 47.4 Å². The fourth-order valence-corrected chi connectivity index (χ4v) is 4.00. The monoisotopic (exact) mass is 337 g/mol. The molecular weight excluding hydrogens is 314 g/mol. The predicted molar refractivity (Wildman–Crippen MR) is 104 cm³/mol. The highest BCUT2D eigenvalue weighted by Crippen LogP contribution is 2.28. The maximum Gasteiger partial charge on any atom is 0.111 e. The minimum absolute atomic E-state index is 1.04. The number of hydrogen-bond donors (Lipinski definition) is 0. The van der Waals surface area contributed by atoms with E-state index in [0.717, 1.165) is 11.3 Å². The SMILES string of the molecule is CSc1ccc(-n2c(C)nc3ccc(N4CCCCC4)cc32)cc1. The van der Waals surface area contributed by atoms with E-state index in [1.54, 1.807) is 11.8 Å². The van der Waals surface area contributed by atoms with Gasteiger partial charge in [-0.2, -0.15) is 0 Å². The Labute approximate surface area is 147 Å². The molecular formula is C20H23N3S. The number of nitrogens with zero attached hydrogens (tertiary/aromatic N) is 3. The molecule has 1 aliphatic rings. The molecule has 24 heavy (non-hydrogen) atoms. The van der Waals surface area contributed by atoms with Gasteiger partial charge in [0.2, 0.25) is 0 Å². The summed E-state index contributed by atoms with van der Waals surface area (Å²) in [6, 6.07) is 15.4. The molecule has 0 bridgehead atoms. The van der Waals surface area contributed by atoms with Crippen LogP contribution in [0.3, 0.4) is 0 Å². The Hall–Kier alpha value is -1.94. The first-order valence-corrected chi connectivity index (χ1v) is 9.87. The van der Waals surface area contributed by atoms with Crippen LogP contribution < -0.4 is 4.90 Å². The molecule has 2 aromatic carbocycles. The summed E-state index contributed by atoms with van der Waals surface area (Å²) in [7, 11) is 0. The van der Waals surface area contributed by atoms with E-state index in [9.17, 15) is 0 Å². The molecule has 0 atom stereocenters. The molecule has 0 radical (unpaired) electrons. The number of piperidine rings is 1. The van der Waals surface area contributed by atoms with Crippen molar-refractivity contribution in [3.05, 3.63) is 48.3 Å². The number of aromatic nitrogens is 2. The minimum Gasteiger partial charge on any atom is -0.371 e. The van der Waals surface area contributed by atoms with Gasteiger partial charge in [0.15, 0.2) is 0 Å². The van der Waals surface area contributed by atoms with Crippen LogP contribution in [0.5, 0.6) is 0 Å². The average Bonchev–Trinajstić information content (AvgIpc) is 2.97. The van der Waals surface area contributed by atoms with Gasteiger partial charge in [0, 0.05) is 29.4 Å². The molecule has 1 saturated heterocycles. The molecule has 0 saturated carbocycles. The third kappa shape index (κ3) is 2.80. The molecule has 2 heterocycles. The van der Waals surface area contributed by atoms with Crippen molar-refractivity contribution in [3.63, 3.8) is 0 Å². The maximum absolute atomic E-state index is 4.76. The number of thioether (sulfide) groups is 1. The number of benzene rings is 2. The molecule has 4 heteroatoms. The zero-order valence-electron chi connectivity index (χ0n) is 14.3. The summed E-state index contributed by atoms with van der Waals surface area (Å²) in [6.07, 6.45) is 6.06. The molecule has 0 amide bonds. The highest BCUT2D eigenvalue weighted by atomic mass is 32.2. The number of anilines is 1. The van der Waals surface area contributed by atoms with E-state index < -0.39 is 0 Å². The van der Waals surface area contributed by atoms with Crippen molar-refractivity contribution in [2.75, 3.05) is 24.2 Å². The molecule has 1 aromatic heterocycles. The van der Waals surface area contributed by atoms with Gasteiger partial charge in [-0.1, -0.05) is 0 Å². The quantitative estimate of drug-likeness (QED) is 0.624. The Kier molecular flexibility index (Phi) is 4.23. The summed E-state index contributed by atoms with van der Waals surface area (Å²) in [5.41, 5.74) is 4.78. The second-order valence-electron chi connectivity index (χ2n) is 6.41. The summed E-state index contributed by atoms with van der Waals surface area (Å²) in [4.78, 5) is 8.55. The fraction of sp³-hybridized carbons (Fsp3) is 0.350. The summed E-state index contributed by atoms with van der Waals surface area (Å²) in [5, 5.41) is 0. The molecule has 3 nitrogen and oxygen atoms in total. The van der Waals surface area contributed by atoms with Gasteiger partial charge in [0.25, 0.3) is 0 Å². The van der Waals surface area contributed by atoms with Gasteiger partial charge in [-0.25, -0.2) is 4.98 Å². The lowest BCUT2D eigenvalue weighted by molar-refractivity contribution is 0.578. The van der Waals surface area contributed by atoms with Crippen LogP contribution in [-0.2, 0) is 0 Å². The highest BCUT2D eigenvalue weighted by molar-refractivity contribution is 7.98. The zero-order chi connectivity index (χ0) is 16.5. The van der Waals surface area contributed by atoms with Gasteiger partial charge in [-0.15, -0.1) is 11.8 Å². The van der Waals surface area contributed by atoms with Gasteiger partial charge >= 0.3 is 0 Å². The van der Waals surface area contributed by atoms with E-state index in [0.29, 0.717) is 0 Å². The first-order chi connectivity index (χ1) is 11.8. The Bertz CT molecular complexity index is 845. The number of imidazole rings is 1.